The molecule has 2 amide bonds. The molecule has 0 heterocycles. The summed E-state index contributed by atoms with van der Waals surface area (Å²) >= 11 is 0. The van der Waals surface area contributed by atoms with Crippen LogP contribution in [0.15, 0.2) is 5.10 Å². The molecule has 0 unspecified atom stereocenters. The molecule has 0 saturated heterocycles. The maximum Gasteiger partial charge on any atom is 0.332 e. The Labute approximate surface area is 163 Å². The molecule has 0 spiro atoms. The molecule has 0 aromatic heterocycles. The number of amides is 2. The minimum atomic E-state index is -0.573. The lowest BCUT2D eigenvalue weighted by Gasteiger charge is -2.61. The summed E-state index contributed by atoms with van der Waals surface area (Å²) in [6.45, 7) is 7.08. The van der Waals surface area contributed by atoms with E-state index in [9.17, 15) is 9.90 Å². The predicted octanol–water partition coefficient (Wildman–Crippen LogP) is 4.19. The third-order valence-corrected chi connectivity index (χ3v) is 9.73. The zero-order valence-corrected chi connectivity index (χ0v) is 17.3. The van der Waals surface area contributed by atoms with Crippen LogP contribution in [0, 0.1) is 34.5 Å². The molecule has 4 aliphatic rings. The molecule has 152 valence electrons. The normalized spacial score (nSPS) is 50.6. The molecule has 0 aliphatic heterocycles. The van der Waals surface area contributed by atoms with Crippen molar-refractivity contribution in [2.75, 3.05) is 0 Å². The molecule has 4 N–H and O–H groups in total. The largest absolute Gasteiger partial charge is 0.389 e. The van der Waals surface area contributed by atoms with Crippen LogP contribution in [-0.4, -0.2) is 22.5 Å². The van der Waals surface area contributed by atoms with Gasteiger partial charge in [-0.3, -0.25) is 0 Å². The maximum atomic E-state index is 11.3. The van der Waals surface area contributed by atoms with E-state index in [0.29, 0.717) is 17.3 Å². The summed E-state index contributed by atoms with van der Waals surface area (Å²) in [4.78, 5) is 11.0. The molecule has 4 aliphatic carbocycles. The van der Waals surface area contributed by atoms with E-state index in [2.05, 4.69) is 31.3 Å². The number of carbonyl (C=O) groups excluding carboxylic acids is 1. The fourth-order valence-electron chi connectivity index (χ4n) is 7.99. The summed E-state index contributed by atoms with van der Waals surface area (Å²) in [6.07, 6.45) is 11.2. The maximum absolute atomic E-state index is 11.3. The van der Waals surface area contributed by atoms with Gasteiger partial charge in [0.2, 0.25) is 0 Å². The smallest absolute Gasteiger partial charge is 0.332 e. The molecular weight excluding hydrogens is 338 g/mol. The first-order chi connectivity index (χ1) is 12.7. The Morgan fingerprint density at radius 2 is 1.93 bits per heavy atom. The molecule has 4 rings (SSSR count). The van der Waals surface area contributed by atoms with E-state index in [-0.39, 0.29) is 5.41 Å². The van der Waals surface area contributed by atoms with Crippen LogP contribution >= 0.6 is 0 Å². The molecule has 27 heavy (non-hydrogen) atoms. The van der Waals surface area contributed by atoms with Crippen molar-refractivity contribution in [3.05, 3.63) is 0 Å². The van der Waals surface area contributed by atoms with Crippen molar-refractivity contribution in [2.24, 2.45) is 45.3 Å². The van der Waals surface area contributed by atoms with Crippen LogP contribution in [0.3, 0.4) is 0 Å². The molecule has 4 fully saturated rings. The van der Waals surface area contributed by atoms with Gasteiger partial charge in [0, 0.05) is 5.71 Å². The van der Waals surface area contributed by atoms with Crippen LogP contribution in [-0.2, 0) is 0 Å². The number of rotatable bonds is 2. The minimum Gasteiger partial charge on any atom is -0.389 e. The first-order valence-corrected chi connectivity index (χ1v) is 11.1. The Morgan fingerprint density at radius 3 is 2.63 bits per heavy atom. The standard InChI is InChI=1S/C22H37N3O2/c1-4-22(27)12-9-18-16-6-5-14-13-15(24-25-19(23)26)7-10-20(14,2)17(16)8-11-21(18,22)3/h14,16-18,27H,4-13H2,1-3H3,(H3,23,25,26)/b24-15+/t14-,16+,17-,18-,20-,21-,22-/m0/s1. The monoisotopic (exact) mass is 375 g/mol. The van der Waals surface area contributed by atoms with Gasteiger partial charge in [0.1, 0.15) is 0 Å². The Morgan fingerprint density at radius 1 is 1.19 bits per heavy atom. The van der Waals surface area contributed by atoms with Crippen LogP contribution < -0.4 is 11.2 Å². The van der Waals surface area contributed by atoms with E-state index < -0.39 is 11.6 Å². The highest BCUT2D eigenvalue weighted by molar-refractivity contribution is 5.87. The average molecular weight is 376 g/mol. The van der Waals surface area contributed by atoms with E-state index in [1.807, 2.05) is 0 Å². The molecule has 0 aromatic carbocycles. The number of hydrogen-bond donors (Lipinski definition) is 3. The average Bonchev–Trinajstić information content (AvgIpc) is 2.91. The number of carbonyl (C=O) groups is 1. The molecule has 7 atom stereocenters. The first kappa shape index (κ1) is 19.2. The lowest BCUT2D eigenvalue weighted by molar-refractivity contribution is -0.147. The quantitative estimate of drug-likeness (QED) is 0.632. The second kappa shape index (κ2) is 6.47. The fraction of sp³-hybridized carbons (Fsp3) is 0.909. The number of hydrazone groups is 1. The van der Waals surface area contributed by atoms with Crippen molar-refractivity contribution < 1.29 is 9.90 Å². The first-order valence-electron chi connectivity index (χ1n) is 11.1. The highest BCUT2D eigenvalue weighted by Crippen LogP contribution is 2.68. The number of nitrogens with one attached hydrogen (secondary N) is 1. The zero-order valence-electron chi connectivity index (χ0n) is 17.3. The Bertz CT molecular complexity index is 649. The number of fused-ring (bicyclic) bond motifs is 5. The third kappa shape index (κ3) is 2.75. The van der Waals surface area contributed by atoms with Crippen molar-refractivity contribution in [3.63, 3.8) is 0 Å². The van der Waals surface area contributed by atoms with Crippen molar-refractivity contribution in [1.82, 2.24) is 5.43 Å². The second-order valence-corrected chi connectivity index (χ2v) is 10.4. The molecule has 0 aromatic rings. The topological polar surface area (TPSA) is 87.7 Å². The summed E-state index contributed by atoms with van der Waals surface area (Å²) in [7, 11) is 0. The highest BCUT2D eigenvalue weighted by atomic mass is 16.3. The van der Waals surface area contributed by atoms with Crippen LogP contribution in [0.25, 0.3) is 0 Å². The van der Waals surface area contributed by atoms with Gasteiger partial charge in [0.15, 0.2) is 0 Å². The van der Waals surface area contributed by atoms with E-state index in [4.69, 9.17) is 5.73 Å². The number of aliphatic hydroxyl groups is 1. The summed E-state index contributed by atoms with van der Waals surface area (Å²) in [5, 5.41) is 15.6. The Kier molecular flexibility index (Phi) is 4.60. The number of hydrogen-bond acceptors (Lipinski definition) is 3. The number of nitrogens with two attached hydrogens (primary N) is 1. The summed E-state index contributed by atoms with van der Waals surface area (Å²) in [5.41, 5.74) is 8.75. The van der Waals surface area contributed by atoms with E-state index in [1.54, 1.807) is 0 Å². The van der Waals surface area contributed by atoms with E-state index >= 15 is 0 Å². The van der Waals surface area contributed by atoms with Crippen LogP contribution in [0.2, 0.25) is 0 Å². The van der Waals surface area contributed by atoms with Gasteiger partial charge in [0.25, 0.3) is 0 Å². The van der Waals surface area contributed by atoms with Crippen LogP contribution in [0.5, 0.6) is 0 Å². The SMILES string of the molecule is CC[C@]1(O)CC[C@H]2[C@@H]3CC[C@H]4C/C(=N/NC(N)=O)CC[C@]4(C)[C@H]3CC[C@@]21C. The molecule has 4 saturated carbocycles. The van der Waals surface area contributed by atoms with Gasteiger partial charge in [-0.2, -0.15) is 5.10 Å². The van der Waals surface area contributed by atoms with Crippen molar-refractivity contribution in [2.45, 2.75) is 90.6 Å². The van der Waals surface area contributed by atoms with Gasteiger partial charge in [-0.15, -0.1) is 0 Å². The summed E-state index contributed by atoms with van der Waals surface area (Å²) in [6, 6.07) is -0.573. The lowest BCUT2D eigenvalue weighted by atomic mass is 9.44. The van der Waals surface area contributed by atoms with Gasteiger partial charge in [0.05, 0.1) is 5.60 Å². The van der Waals surface area contributed by atoms with Gasteiger partial charge in [-0.25, -0.2) is 10.2 Å². The van der Waals surface area contributed by atoms with Crippen molar-refractivity contribution in [3.8, 4) is 0 Å². The summed E-state index contributed by atoms with van der Waals surface area (Å²) in [5.74, 6) is 2.90. The molecule has 5 heteroatoms. The fourth-order valence-corrected chi connectivity index (χ4v) is 7.99. The Hall–Kier alpha value is -1.10. The molecule has 5 nitrogen and oxygen atoms in total. The second-order valence-electron chi connectivity index (χ2n) is 10.4. The molecule has 0 bridgehead atoms. The number of nitrogens with zero attached hydrogens (tertiary/aromatic N) is 1. The zero-order chi connectivity index (χ0) is 19.4. The van der Waals surface area contributed by atoms with Crippen molar-refractivity contribution >= 4 is 11.7 Å². The highest BCUT2D eigenvalue weighted by Gasteiger charge is 2.63. The lowest BCUT2D eigenvalue weighted by Crippen LogP contribution is -2.56. The van der Waals surface area contributed by atoms with Crippen LogP contribution in [0.1, 0.15) is 85.0 Å². The molecular formula is C22H37N3O2. The number of primary amides is 1. The predicted molar refractivity (Wildman–Crippen MR) is 107 cm³/mol. The van der Waals surface area contributed by atoms with Gasteiger partial charge in [-0.05, 0) is 98.7 Å². The van der Waals surface area contributed by atoms with Gasteiger partial charge < -0.3 is 10.8 Å². The van der Waals surface area contributed by atoms with E-state index in [0.717, 1.165) is 43.2 Å². The molecule has 0 radical (unpaired) electrons. The third-order valence-electron chi connectivity index (χ3n) is 9.73. The van der Waals surface area contributed by atoms with Gasteiger partial charge in [-0.1, -0.05) is 20.8 Å². The Balaban J connectivity index is 1.54. The minimum absolute atomic E-state index is 0.110. The summed E-state index contributed by atoms with van der Waals surface area (Å²) < 4.78 is 0. The van der Waals surface area contributed by atoms with Gasteiger partial charge >= 0.3 is 6.03 Å². The number of urea groups is 1. The van der Waals surface area contributed by atoms with Crippen LogP contribution in [0.4, 0.5) is 4.79 Å². The van der Waals surface area contributed by atoms with E-state index in [1.165, 1.54) is 38.5 Å². The van der Waals surface area contributed by atoms with Crippen molar-refractivity contribution in [1.29, 1.82) is 0 Å².